The highest BCUT2D eigenvalue weighted by atomic mass is 32.2. The van der Waals surface area contributed by atoms with E-state index in [0.717, 1.165) is 22.0 Å². The SMILES string of the molecule is O=c1c2ccccc2nc(SCc2ccccc2)n1Cc1cccnc1. The Morgan fingerprint density at radius 2 is 1.65 bits per heavy atom. The Labute approximate surface area is 155 Å². The summed E-state index contributed by atoms with van der Waals surface area (Å²) in [6.07, 6.45) is 3.52. The van der Waals surface area contributed by atoms with E-state index in [1.165, 1.54) is 5.56 Å². The van der Waals surface area contributed by atoms with Crippen molar-refractivity contribution < 1.29 is 0 Å². The molecule has 0 spiro atoms. The van der Waals surface area contributed by atoms with Crippen molar-refractivity contribution in [2.75, 3.05) is 0 Å². The minimum atomic E-state index is -0.0185. The highest BCUT2D eigenvalue weighted by Gasteiger charge is 2.12. The quantitative estimate of drug-likeness (QED) is 0.397. The zero-order valence-corrected chi connectivity index (χ0v) is 14.9. The van der Waals surface area contributed by atoms with Gasteiger partial charge in [0.15, 0.2) is 5.16 Å². The molecule has 2 aromatic carbocycles. The van der Waals surface area contributed by atoms with Gasteiger partial charge in [-0.1, -0.05) is 60.3 Å². The zero-order chi connectivity index (χ0) is 17.8. The topological polar surface area (TPSA) is 47.8 Å². The standard InChI is InChI=1S/C21H17N3OS/c25-20-18-10-4-5-11-19(18)23-21(26-15-16-7-2-1-3-8-16)24(20)14-17-9-6-12-22-13-17/h1-13H,14-15H2. The van der Waals surface area contributed by atoms with E-state index in [1.807, 2.05) is 54.6 Å². The van der Waals surface area contributed by atoms with Crippen molar-refractivity contribution in [1.82, 2.24) is 14.5 Å². The summed E-state index contributed by atoms with van der Waals surface area (Å²) in [6, 6.07) is 21.6. The highest BCUT2D eigenvalue weighted by Crippen LogP contribution is 2.22. The van der Waals surface area contributed by atoms with Crippen LogP contribution in [-0.2, 0) is 12.3 Å². The molecule has 4 rings (SSSR count). The Balaban J connectivity index is 1.76. The van der Waals surface area contributed by atoms with Crippen LogP contribution >= 0.6 is 11.8 Å². The third-order valence-electron chi connectivity index (χ3n) is 4.10. The second kappa shape index (κ2) is 7.54. The molecule has 2 aromatic heterocycles. The van der Waals surface area contributed by atoms with Gasteiger partial charge in [-0.05, 0) is 29.3 Å². The fourth-order valence-electron chi connectivity index (χ4n) is 2.79. The number of nitrogens with zero attached hydrogens (tertiary/aromatic N) is 3. The summed E-state index contributed by atoms with van der Waals surface area (Å²) in [7, 11) is 0. The molecule has 0 atom stereocenters. The van der Waals surface area contributed by atoms with Crippen LogP contribution < -0.4 is 5.56 Å². The molecule has 0 bridgehead atoms. The maximum Gasteiger partial charge on any atom is 0.262 e. The summed E-state index contributed by atoms with van der Waals surface area (Å²) < 4.78 is 1.74. The van der Waals surface area contributed by atoms with Gasteiger partial charge in [-0.3, -0.25) is 14.3 Å². The number of hydrogen-bond acceptors (Lipinski definition) is 4. The molecule has 0 fully saturated rings. The van der Waals surface area contributed by atoms with Crippen LogP contribution in [0.2, 0.25) is 0 Å². The Morgan fingerprint density at radius 1 is 0.885 bits per heavy atom. The van der Waals surface area contributed by atoms with Crippen LogP contribution in [-0.4, -0.2) is 14.5 Å². The van der Waals surface area contributed by atoms with Crippen molar-refractivity contribution in [2.24, 2.45) is 0 Å². The lowest BCUT2D eigenvalue weighted by atomic mass is 10.2. The van der Waals surface area contributed by atoms with Crippen LogP contribution in [0.1, 0.15) is 11.1 Å². The molecule has 4 nitrogen and oxygen atoms in total. The third kappa shape index (κ3) is 3.53. The highest BCUT2D eigenvalue weighted by molar-refractivity contribution is 7.98. The molecule has 0 unspecified atom stereocenters. The van der Waals surface area contributed by atoms with Gasteiger partial charge in [-0.15, -0.1) is 0 Å². The molecule has 0 amide bonds. The fraction of sp³-hybridized carbons (Fsp3) is 0.0952. The molecule has 0 N–H and O–H groups in total. The van der Waals surface area contributed by atoms with E-state index in [-0.39, 0.29) is 5.56 Å². The number of hydrogen-bond donors (Lipinski definition) is 0. The normalized spacial score (nSPS) is 10.9. The van der Waals surface area contributed by atoms with Gasteiger partial charge in [-0.25, -0.2) is 4.98 Å². The first-order chi connectivity index (χ1) is 12.8. The second-order valence-electron chi connectivity index (χ2n) is 5.94. The van der Waals surface area contributed by atoms with Crippen LogP contribution in [0.4, 0.5) is 0 Å². The Morgan fingerprint density at radius 3 is 2.46 bits per heavy atom. The maximum atomic E-state index is 13.1. The summed E-state index contributed by atoms with van der Waals surface area (Å²) >= 11 is 1.58. The second-order valence-corrected chi connectivity index (χ2v) is 6.88. The van der Waals surface area contributed by atoms with E-state index in [1.54, 1.807) is 28.7 Å². The summed E-state index contributed by atoms with van der Waals surface area (Å²) in [5.41, 5.74) is 2.89. The molecule has 5 heteroatoms. The first-order valence-electron chi connectivity index (χ1n) is 8.36. The van der Waals surface area contributed by atoms with E-state index in [4.69, 9.17) is 4.98 Å². The molecule has 0 radical (unpaired) electrons. The van der Waals surface area contributed by atoms with Crippen molar-refractivity contribution in [3.8, 4) is 0 Å². The zero-order valence-electron chi connectivity index (χ0n) is 14.1. The van der Waals surface area contributed by atoms with Gasteiger partial charge in [0, 0.05) is 18.1 Å². The van der Waals surface area contributed by atoms with Crippen LogP contribution in [0, 0.1) is 0 Å². The van der Waals surface area contributed by atoms with Crippen LogP contribution in [0.25, 0.3) is 10.9 Å². The lowest BCUT2D eigenvalue weighted by Gasteiger charge is -2.13. The first kappa shape index (κ1) is 16.5. The molecule has 0 aliphatic rings. The van der Waals surface area contributed by atoms with Gasteiger partial charge in [-0.2, -0.15) is 0 Å². The molecule has 0 saturated heterocycles. The molecule has 0 saturated carbocycles. The molecular weight excluding hydrogens is 342 g/mol. The minimum Gasteiger partial charge on any atom is -0.283 e. The van der Waals surface area contributed by atoms with Crippen LogP contribution in [0.15, 0.2) is 89.1 Å². The van der Waals surface area contributed by atoms with Crippen molar-refractivity contribution in [3.63, 3.8) is 0 Å². The van der Waals surface area contributed by atoms with Gasteiger partial charge >= 0.3 is 0 Å². The van der Waals surface area contributed by atoms with E-state index < -0.39 is 0 Å². The van der Waals surface area contributed by atoms with Crippen LogP contribution in [0.5, 0.6) is 0 Å². The summed E-state index contributed by atoms with van der Waals surface area (Å²) in [6.45, 7) is 0.460. The first-order valence-corrected chi connectivity index (χ1v) is 9.35. The Bertz CT molecular complexity index is 1080. The number of para-hydroxylation sites is 1. The lowest BCUT2D eigenvalue weighted by molar-refractivity contribution is 0.656. The van der Waals surface area contributed by atoms with Gasteiger partial charge in [0.2, 0.25) is 0 Å². The molecule has 0 aliphatic carbocycles. The lowest BCUT2D eigenvalue weighted by Crippen LogP contribution is -2.24. The van der Waals surface area contributed by atoms with Gasteiger partial charge in [0.1, 0.15) is 0 Å². The predicted octanol–water partition coefficient (Wildman–Crippen LogP) is 4.13. The molecular formula is C21H17N3OS. The van der Waals surface area contributed by atoms with Crippen LogP contribution in [0.3, 0.4) is 0 Å². The average Bonchev–Trinajstić information content (AvgIpc) is 2.70. The van der Waals surface area contributed by atoms with Crippen molar-refractivity contribution in [3.05, 3.63) is 101 Å². The van der Waals surface area contributed by atoms with E-state index in [0.29, 0.717) is 11.9 Å². The molecule has 4 aromatic rings. The molecule has 128 valence electrons. The average molecular weight is 359 g/mol. The van der Waals surface area contributed by atoms with E-state index >= 15 is 0 Å². The minimum absolute atomic E-state index is 0.0185. The fourth-order valence-corrected chi connectivity index (χ4v) is 3.75. The van der Waals surface area contributed by atoms with Crippen molar-refractivity contribution >= 4 is 22.7 Å². The van der Waals surface area contributed by atoms with E-state index in [9.17, 15) is 4.79 Å². The maximum absolute atomic E-state index is 13.1. The number of benzene rings is 2. The smallest absolute Gasteiger partial charge is 0.262 e. The largest absolute Gasteiger partial charge is 0.283 e. The molecule has 26 heavy (non-hydrogen) atoms. The number of rotatable bonds is 5. The van der Waals surface area contributed by atoms with Gasteiger partial charge < -0.3 is 0 Å². The predicted molar refractivity (Wildman–Crippen MR) is 105 cm³/mol. The molecule has 0 aliphatic heterocycles. The Kier molecular flexibility index (Phi) is 4.80. The summed E-state index contributed by atoms with van der Waals surface area (Å²) in [5.74, 6) is 0.763. The summed E-state index contributed by atoms with van der Waals surface area (Å²) in [4.78, 5) is 22.0. The number of thioether (sulfide) groups is 1. The van der Waals surface area contributed by atoms with E-state index in [2.05, 4.69) is 17.1 Å². The van der Waals surface area contributed by atoms with Crippen molar-refractivity contribution in [2.45, 2.75) is 17.5 Å². The Hall–Kier alpha value is -2.92. The summed E-state index contributed by atoms with van der Waals surface area (Å²) in [5, 5.41) is 1.36. The molecule has 2 heterocycles. The number of fused-ring (bicyclic) bond motifs is 1. The third-order valence-corrected chi connectivity index (χ3v) is 5.15. The number of aromatic nitrogens is 3. The van der Waals surface area contributed by atoms with Gasteiger partial charge in [0.25, 0.3) is 5.56 Å². The number of pyridine rings is 1. The monoisotopic (exact) mass is 359 g/mol. The van der Waals surface area contributed by atoms with Gasteiger partial charge in [0.05, 0.1) is 17.4 Å². The van der Waals surface area contributed by atoms with Crippen molar-refractivity contribution in [1.29, 1.82) is 0 Å².